The summed E-state index contributed by atoms with van der Waals surface area (Å²) in [7, 11) is 0. The van der Waals surface area contributed by atoms with Crippen molar-refractivity contribution in [1.29, 1.82) is 0 Å². The zero-order chi connectivity index (χ0) is 15.4. The molecule has 3 N–H and O–H groups in total. The van der Waals surface area contributed by atoms with Crippen molar-refractivity contribution in [2.45, 2.75) is 39.5 Å². The second-order valence-corrected chi connectivity index (χ2v) is 6.45. The maximum atomic E-state index is 12.3. The molecule has 0 aliphatic carbocycles. The number of hydrogen-bond donors (Lipinski definition) is 2. The minimum absolute atomic E-state index is 0.0238. The number of carbonyl (C=O) groups excluding carboxylic acids is 1. The van der Waals surface area contributed by atoms with Crippen LogP contribution in [0.3, 0.4) is 0 Å². The molecule has 1 fully saturated rings. The Labute approximate surface area is 130 Å². The summed E-state index contributed by atoms with van der Waals surface area (Å²) in [4.78, 5) is 13.4. The molecule has 5 heteroatoms. The Bertz CT molecular complexity index is 558. The van der Waals surface area contributed by atoms with Gasteiger partial charge in [0.2, 0.25) is 5.91 Å². The highest BCUT2D eigenvalue weighted by molar-refractivity contribution is 7.10. The Morgan fingerprint density at radius 3 is 2.81 bits per heavy atom. The number of ether oxygens (including phenoxy) is 1. The summed E-state index contributed by atoms with van der Waals surface area (Å²) < 4.78 is 5.72. The number of carbonyl (C=O) groups is 1. The van der Waals surface area contributed by atoms with Crippen molar-refractivity contribution in [3.05, 3.63) is 21.9 Å². The molecule has 0 saturated carbocycles. The van der Waals surface area contributed by atoms with Crippen LogP contribution in [0.5, 0.6) is 0 Å². The Morgan fingerprint density at radius 1 is 1.43 bits per heavy atom. The molecule has 114 valence electrons. The van der Waals surface area contributed by atoms with Crippen LogP contribution >= 0.6 is 11.3 Å². The van der Waals surface area contributed by atoms with Crippen LogP contribution in [0.15, 0.2) is 11.4 Å². The highest BCUT2D eigenvalue weighted by Gasteiger charge is 2.41. The first kappa shape index (κ1) is 16.0. The van der Waals surface area contributed by atoms with Crippen molar-refractivity contribution in [3.8, 4) is 11.8 Å². The van der Waals surface area contributed by atoms with Gasteiger partial charge in [-0.25, -0.2) is 0 Å². The molecule has 1 saturated heterocycles. The van der Waals surface area contributed by atoms with E-state index in [2.05, 4.69) is 24.1 Å². The molecular weight excluding hydrogens is 284 g/mol. The Balaban J connectivity index is 1.91. The van der Waals surface area contributed by atoms with Gasteiger partial charge in [0, 0.05) is 15.8 Å². The standard InChI is InChI=1S/C16H22N2O2S/c1-10-11(2)20-12(3)15(10)16(19)18-8-14-7-13(9-21-14)5-4-6-17/h7,9-12,15H,6,8,17H2,1-3H3,(H,18,19). The van der Waals surface area contributed by atoms with E-state index >= 15 is 0 Å². The molecule has 2 heterocycles. The fourth-order valence-electron chi connectivity index (χ4n) is 2.70. The predicted octanol–water partition coefficient (Wildman–Crippen LogP) is 1.73. The van der Waals surface area contributed by atoms with Crippen molar-refractivity contribution in [2.24, 2.45) is 17.6 Å². The van der Waals surface area contributed by atoms with Crippen LogP contribution in [-0.2, 0) is 16.1 Å². The minimum atomic E-state index is -0.0727. The lowest BCUT2D eigenvalue weighted by Crippen LogP contribution is -2.36. The van der Waals surface area contributed by atoms with Crippen LogP contribution in [0.25, 0.3) is 0 Å². The van der Waals surface area contributed by atoms with Gasteiger partial charge in [-0.1, -0.05) is 18.8 Å². The lowest BCUT2D eigenvalue weighted by molar-refractivity contribution is -0.127. The predicted molar refractivity (Wildman–Crippen MR) is 84.8 cm³/mol. The fraction of sp³-hybridized carbons (Fsp3) is 0.562. The Morgan fingerprint density at radius 2 is 2.19 bits per heavy atom. The van der Waals surface area contributed by atoms with E-state index < -0.39 is 0 Å². The smallest absolute Gasteiger partial charge is 0.226 e. The molecule has 4 nitrogen and oxygen atoms in total. The van der Waals surface area contributed by atoms with Gasteiger partial charge in [-0.05, 0) is 25.8 Å². The average molecular weight is 306 g/mol. The highest BCUT2D eigenvalue weighted by atomic mass is 32.1. The van der Waals surface area contributed by atoms with Gasteiger partial charge in [0.15, 0.2) is 0 Å². The molecule has 1 aromatic rings. The van der Waals surface area contributed by atoms with E-state index in [4.69, 9.17) is 10.5 Å². The maximum absolute atomic E-state index is 12.3. The molecule has 4 unspecified atom stereocenters. The maximum Gasteiger partial charge on any atom is 0.226 e. The number of nitrogens with two attached hydrogens (primary N) is 1. The van der Waals surface area contributed by atoms with E-state index in [1.165, 1.54) is 0 Å². The summed E-state index contributed by atoms with van der Waals surface area (Å²) >= 11 is 1.60. The summed E-state index contributed by atoms with van der Waals surface area (Å²) in [5, 5.41) is 4.99. The normalized spacial score (nSPS) is 28.0. The summed E-state index contributed by atoms with van der Waals surface area (Å²) in [6, 6.07) is 1.99. The largest absolute Gasteiger partial charge is 0.374 e. The second kappa shape index (κ2) is 7.08. The molecule has 1 aliphatic heterocycles. The molecular formula is C16H22N2O2S. The molecule has 1 amide bonds. The van der Waals surface area contributed by atoms with Crippen LogP contribution in [0.1, 0.15) is 31.2 Å². The first-order valence-corrected chi connectivity index (χ1v) is 8.10. The Hall–Kier alpha value is -1.35. The second-order valence-electron chi connectivity index (χ2n) is 5.46. The first-order valence-electron chi connectivity index (χ1n) is 7.22. The van der Waals surface area contributed by atoms with Gasteiger partial charge in [-0.3, -0.25) is 4.79 Å². The fourth-order valence-corrected chi connectivity index (χ4v) is 3.46. The van der Waals surface area contributed by atoms with Gasteiger partial charge < -0.3 is 15.8 Å². The van der Waals surface area contributed by atoms with E-state index in [1.54, 1.807) is 11.3 Å². The first-order chi connectivity index (χ1) is 10.0. The third-order valence-corrected chi connectivity index (χ3v) is 4.91. The summed E-state index contributed by atoms with van der Waals surface area (Å²) in [6.45, 7) is 6.96. The van der Waals surface area contributed by atoms with Crippen LogP contribution in [0.2, 0.25) is 0 Å². The molecule has 0 spiro atoms. The van der Waals surface area contributed by atoms with Gasteiger partial charge in [0.05, 0.1) is 31.2 Å². The molecule has 21 heavy (non-hydrogen) atoms. The van der Waals surface area contributed by atoms with E-state index in [1.807, 2.05) is 25.3 Å². The molecule has 1 aliphatic rings. The van der Waals surface area contributed by atoms with Crippen molar-refractivity contribution in [2.75, 3.05) is 6.54 Å². The van der Waals surface area contributed by atoms with Crippen LogP contribution in [0.4, 0.5) is 0 Å². The zero-order valence-corrected chi connectivity index (χ0v) is 13.5. The van der Waals surface area contributed by atoms with Gasteiger partial charge in [-0.2, -0.15) is 0 Å². The van der Waals surface area contributed by atoms with E-state index in [-0.39, 0.29) is 30.0 Å². The van der Waals surface area contributed by atoms with Crippen molar-refractivity contribution in [3.63, 3.8) is 0 Å². The summed E-state index contributed by atoms with van der Waals surface area (Å²) in [5.74, 6) is 6.06. The van der Waals surface area contributed by atoms with Crippen molar-refractivity contribution < 1.29 is 9.53 Å². The minimum Gasteiger partial charge on any atom is -0.374 e. The molecule has 4 atom stereocenters. The van der Waals surface area contributed by atoms with E-state index in [9.17, 15) is 4.79 Å². The molecule has 2 rings (SSSR count). The molecule has 1 aromatic heterocycles. The lowest BCUT2D eigenvalue weighted by Gasteiger charge is -2.17. The number of hydrogen-bond acceptors (Lipinski definition) is 4. The van der Waals surface area contributed by atoms with Crippen LogP contribution < -0.4 is 11.1 Å². The number of nitrogens with one attached hydrogen (secondary N) is 1. The molecule has 0 bridgehead atoms. The summed E-state index contributed by atoms with van der Waals surface area (Å²) in [5.41, 5.74) is 6.30. The highest BCUT2D eigenvalue weighted by Crippen LogP contribution is 2.32. The molecule has 0 aromatic carbocycles. The van der Waals surface area contributed by atoms with Gasteiger partial charge >= 0.3 is 0 Å². The SMILES string of the molecule is CC1OC(C)C(C(=O)NCc2cc(C#CCN)cs2)C1C. The Kier molecular flexibility index (Phi) is 5.40. The van der Waals surface area contributed by atoms with Crippen LogP contribution in [0, 0.1) is 23.7 Å². The third kappa shape index (κ3) is 3.85. The van der Waals surface area contributed by atoms with Gasteiger partial charge in [-0.15, -0.1) is 11.3 Å². The third-order valence-electron chi connectivity index (χ3n) is 3.97. The van der Waals surface area contributed by atoms with Crippen molar-refractivity contribution in [1.82, 2.24) is 5.32 Å². The average Bonchev–Trinajstić information content (AvgIpc) is 2.99. The molecule has 0 radical (unpaired) electrons. The van der Waals surface area contributed by atoms with E-state index in [0.29, 0.717) is 13.1 Å². The van der Waals surface area contributed by atoms with E-state index in [0.717, 1.165) is 10.4 Å². The number of rotatable bonds is 3. The van der Waals surface area contributed by atoms with Crippen LogP contribution in [-0.4, -0.2) is 24.7 Å². The number of thiophene rings is 1. The zero-order valence-electron chi connectivity index (χ0n) is 12.7. The van der Waals surface area contributed by atoms with Crippen molar-refractivity contribution >= 4 is 17.2 Å². The monoisotopic (exact) mass is 306 g/mol. The van der Waals surface area contributed by atoms with Gasteiger partial charge in [0.25, 0.3) is 0 Å². The lowest BCUT2D eigenvalue weighted by atomic mass is 9.89. The van der Waals surface area contributed by atoms with Gasteiger partial charge in [0.1, 0.15) is 0 Å². The number of amides is 1. The summed E-state index contributed by atoms with van der Waals surface area (Å²) in [6.07, 6.45) is 0.111. The topological polar surface area (TPSA) is 64.3 Å². The quantitative estimate of drug-likeness (QED) is 0.836.